The minimum atomic E-state index is -0.933. The molecule has 1 aliphatic rings. The van der Waals surface area contributed by atoms with E-state index < -0.39 is 11.5 Å². The molecule has 0 aromatic heterocycles. The van der Waals surface area contributed by atoms with Crippen molar-refractivity contribution in [2.24, 2.45) is 0 Å². The number of hydrogen-bond donors (Lipinski definition) is 2. The van der Waals surface area contributed by atoms with Crippen molar-refractivity contribution >= 4 is 11.5 Å². The van der Waals surface area contributed by atoms with E-state index in [9.17, 15) is 10.1 Å². The van der Waals surface area contributed by atoms with Crippen molar-refractivity contribution in [2.75, 3.05) is 6.61 Å². The number of nitriles is 1. The van der Waals surface area contributed by atoms with Crippen molar-refractivity contribution in [3.8, 4) is 6.07 Å². The Balaban J connectivity index is 1.85. The average molecular weight is 312 g/mol. The second-order valence-electron chi connectivity index (χ2n) is 5.40. The SMILES string of the molecule is N#CC1(OCCCCC(=O)NO)C=CC(c2ccccc2)=CC1. The van der Waals surface area contributed by atoms with Gasteiger partial charge in [0, 0.05) is 19.4 Å². The van der Waals surface area contributed by atoms with Crippen molar-refractivity contribution < 1.29 is 14.7 Å². The van der Waals surface area contributed by atoms with E-state index in [0.717, 1.165) is 11.1 Å². The van der Waals surface area contributed by atoms with Crippen LogP contribution < -0.4 is 5.48 Å². The van der Waals surface area contributed by atoms with Gasteiger partial charge in [-0.2, -0.15) is 5.26 Å². The molecule has 1 aromatic carbocycles. The van der Waals surface area contributed by atoms with E-state index in [2.05, 4.69) is 6.07 Å². The summed E-state index contributed by atoms with van der Waals surface area (Å²) >= 11 is 0. The van der Waals surface area contributed by atoms with Crippen LogP contribution in [-0.2, 0) is 9.53 Å². The molecule has 0 spiro atoms. The van der Waals surface area contributed by atoms with Gasteiger partial charge in [-0.15, -0.1) is 0 Å². The summed E-state index contributed by atoms with van der Waals surface area (Å²) in [6.07, 6.45) is 7.73. The zero-order chi connectivity index (χ0) is 16.5. The topological polar surface area (TPSA) is 82.3 Å². The molecule has 120 valence electrons. The van der Waals surface area contributed by atoms with Crippen molar-refractivity contribution in [3.63, 3.8) is 0 Å². The van der Waals surface area contributed by atoms with Crippen LogP contribution in [0.4, 0.5) is 0 Å². The van der Waals surface area contributed by atoms with Gasteiger partial charge in [-0.1, -0.05) is 42.5 Å². The van der Waals surface area contributed by atoms with Gasteiger partial charge in [-0.05, 0) is 30.1 Å². The van der Waals surface area contributed by atoms with Crippen LogP contribution in [0.5, 0.6) is 0 Å². The Kier molecular flexibility index (Phi) is 6.10. The Morgan fingerprint density at radius 2 is 2.13 bits per heavy atom. The van der Waals surface area contributed by atoms with E-state index in [1.165, 1.54) is 0 Å². The monoisotopic (exact) mass is 312 g/mol. The van der Waals surface area contributed by atoms with E-state index in [1.54, 1.807) is 11.6 Å². The van der Waals surface area contributed by atoms with E-state index in [1.807, 2.05) is 42.5 Å². The van der Waals surface area contributed by atoms with E-state index >= 15 is 0 Å². The molecule has 23 heavy (non-hydrogen) atoms. The van der Waals surface area contributed by atoms with Crippen molar-refractivity contribution in [1.29, 1.82) is 5.26 Å². The molecule has 2 N–H and O–H groups in total. The summed E-state index contributed by atoms with van der Waals surface area (Å²) in [7, 11) is 0. The summed E-state index contributed by atoms with van der Waals surface area (Å²) in [5.41, 5.74) is 2.86. The Labute approximate surface area is 135 Å². The molecule has 5 heteroatoms. The van der Waals surface area contributed by atoms with Gasteiger partial charge in [0.15, 0.2) is 5.60 Å². The summed E-state index contributed by atoms with van der Waals surface area (Å²) < 4.78 is 5.73. The molecule has 0 bridgehead atoms. The third-order valence-corrected chi connectivity index (χ3v) is 3.74. The molecule has 0 heterocycles. The lowest BCUT2D eigenvalue weighted by Crippen LogP contribution is -2.29. The fourth-order valence-corrected chi connectivity index (χ4v) is 2.39. The number of hydrogen-bond acceptors (Lipinski definition) is 4. The summed E-state index contributed by atoms with van der Waals surface area (Å²) in [5.74, 6) is -0.409. The number of hydroxylamine groups is 1. The lowest BCUT2D eigenvalue weighted by Gasteiger charge is -2.25. The lowest BCUT2D eigenvalue weighted by atomic mass is 9.90. The first-order valence-electron chi connectivity index (χ1n) is 7.62. The van der Waals surface area contributed by atoms with E-state index in [0.29, 0.717) is 25.9 Å². The average Bonchev–Trinajstić information content (AvgIpc) is 2.62. The molecular formula is C18H20N2O3. The molecule has 0 fully saturated rings. The van der Waals surface area contributed by atoms with Crippen LogP contribution >= 0.6 is 0 Å². The van der Waals surface area contributed by atoms with Gasteiger partial charge in [0.25, 0.3) is 0 Å². The number of amides is 1. The quantitative estimate of drug-likeness (QED) is 0.460. The normalized spacial score (nSPS) is 19.7. The van der Waals surface area contributed by atoms with Crippen LogP contribution in [0.1, 0.15) is 31.2 Å². The maximum absolute atomic E-state index is 10.9. The number of benzene rings is 1. The molecule has 0 radical (unpaired) electrons. The standard InChI is InChI=1S/C18H20N2O3/c19-14-18(23-13-5-4-8-17(21)20-22)11-9-16(10-12-18)15-6-2-1-3-7-15/h1-3,6-7,9-11,22H,4-5,8,12-13H2,(H,20,21). The van der Waals surface area contributed by atoms with E-state index in [-0.39, 0.29) is 6.42 Å². The Bertz CT molecular complexity index is 631. The third kappa shape index (κ3) is 4.78. The fourth-order valence-electron chi connectivity index (χ4n) is 2.39. The predicted molar refractivity (Wildman–Crippen MR) is 86.3 cm³/mol. The van der Waals surface area contributed by atoms with Gasteiger partial charge in [-0.3, -0.25) is 10.0 Å². The number of nitrogens with one attached hydrogen (secondary N) is 1. The number of carbonyl (C=O) groups is 1. The minimum Gasteiger partial charge on any atom is -0.356 e. The van der Waals surface area contributed by atoms with Crippen LogP contribution in [0.15, 0.2) is 48.6 Å². The largest absolute Gasteiger partial charge is 0.356 e. The smallest absolute Gasteiger partial charge is 0.243 e. The molecule has 1 aliphatic carbocycles. The van der Waals surface area contributed by atoms with Crippen LogP contribution in [0.3, 0.4) is 0 Å². The summed E-state index contributed by atoms with van der Waals surface area (Å²) in [6.45, 7) is 0.394. The highest BCUT2D eigenvalue weighted by Crippen LogP contribution is 2.29. The highest BCUT2D eigenvalue weighted by atomic mass is 16.5. The number of carbonyl (C=O) groups excluding carboxylic acids is 1. The second-order valence-corrected chi connectivity index (χ2v) is 5.40. The highest BCUT2D eigenvalue weighted by Gasteiger charge is 2.29. The van der Waals surface area contributed by atoms with Gasteiger partial charge in [-0.25, -0.2) is 5.48 Å². The maximum atomic E-state index is 10.9. The summed E-state index contributed by atoms with van der Waals surface area (Å²) in [4.78, 5) is 10.9. The van der Waals surface area contributed by atoms with Crippen LogP contribution in [-0.4, -0.2) is 23.3 Å². The molecular weight excluding hydrogens is 292 g/mol. The van der Waals surface area contributed by atoms with Gasteiger partial charge < -0.3 is 4.74 Å². The van der Waals surface area contributed by atoms with Gasteiger partial charge >= 0.3 is 0 Å². The fraction of sp³-hybridized carbons (Fsp3) is 0.333. The van der Waals surface area contributed by atoms with Crippen LogP contribution in [0.25, 0.3) is 5.57 Å². The number of unbranched alkanes of at least 4 members (excludes halogenated alkanes) is 1. The van der Waals surface area contributed by atoms with Crippen LogP contribution in [0.2, 0.25) is 0 Å². The molecule has 5 nitrogen and oxygen atoms in total. The number of rotatable bonds is 7. The van der Waals surface area contributed by atoms with Crippen molar-refractivity contribution in [1.82, 2.24) is 5.48 Å². The predicted octanol–water partition coefficient (Wildman–Crippen LogP) is 2.98. The molecule has 0 aliphatic heterocycles. The Morgan fingerprint density at radius 3 is 2.74 bits per heavy atom. The molecule has 2 rings (SSSR count). The Hall–Kier alpha value is -2.42. The van der Waals surface area contributed by atoms with Crippen molar-refractivity contribution in [3.05, 3.63) is 54.1 Å². The molecule has 0 saturated heterocycles. The molecule has 1 atom stereocenters. The highest BCUT2D eigenvalue weighted by molar-refractivity contribution is 5.75. The van der Waals surface area contributed by atoms with Crippen LogP contribution in [0, 0.1) is 11.3 Å². The zero-order valence-corrected chi connectivity index (χ0v) is 12.9. The number of ether oxygens (including phenoxy) is 1. The summed E-state index contributed by atoms with van der Waals surface area (Å²) in [6, 6.07) is 12.2. The first-order chi connectivity index (χ1) is 11.2. The second kappa shape index (κ2) is 8.28. The maximum Gasteiger partial charge on any atom is 0.243 e. The number of allylic oxidation sites excluding steroid dienone is 2. The van der Waals surface area contributed by atoms with Gasteiger partial charge in [0.05, 0.1) is 0 Å². The lowest BCUT2D eigenvalue weighted by molar-refractivity contribution is -0.129. The van der Waals surface area contributed by atoms with Gasteiger partial charge in [0.1, 0.15) is 6.07 Å². The molecule has 1 unspecified atom stereocenters. The third-order valence-electron chi connectivity index (χ3n) is 3.74. The summed E-state index contributed by atoms with van der Waals surface area (Å²) in [5, 5.41) is 17.8. The van der Waals surface area contributed by atoms with Gasteiger partial charge in [0.2, 0.25) is 5.91 Å². The first kappa shape index (κ1) is 16.9. The number of nitrogens with zero attached hydrogens (tertiary/aromatic N) is 1. The first-order valence-corrected chi connectivity index (χ1v) is 7.62. The minimum absolute atomic E-state index is 0.243. The van der Waals surface area contributed by atoms with Crippen molar-refractivity contribution in [2.45, 2.75) is 31.3 Å². The molecule has 1 aromatic rings. The molecule has 1 amide bonds. The molecule has 0 saturated carbocycles. The zero-order valence-electron chi connectivity index (χ0n) is 12.9. The Morgan fingerprint density at radius 1 is 1.35 bits per heavy atom. The van der Waals surface area contributed by atoms with E-state index in [4.69, 9.17) is 9.94 Å².